The van der Waals surface area contributed by atoms with Crippen LogP contribution < -0.4 is 0 Å². The number of esters is 1. The highest BCUT2D eigenvalue weighted by molar-refractivity contribution is 7.46. The minimum atomic E-state index is -4.78. The van der Waals surface area contributed by atoms with Crippen LogP contribution in [0.4, 0.5) is 0 Å². The van der Waals surface area contributed by atoms with Crippen molar-refractivity contribution in [2.24, 2.45) is 0 Å². The Morgan fingerprint density at radius 3 is 1.88 bits per heavy atom. The Labute approximate surface area is 292 Å². The summed E-state index contributed by atoms with van der Waals surface area (Å²) >= 11 is 0. The van der Waals surface area contributed by atoms with Crippen LogP contribution in [0.2, 0.25) is 0 Å². The summed E-state index contributed by atoms with van der Waals surface area (Å²) in [7, 11) is -4.78. The second-order valence-electron chi connectivity index (χ2n) is 13.3. The third-order valence-electron chi connectivity index (χ3n) is 8.99. The molecule has 1 aromatic carbocycles. The number of phosphoric ester groups is 1. The molecule has 1 saturated heterocycles. The van der Waals surface area contributed by atoms with Gasteiger partial charge in [-0.15, -0.1) is 0 Å². The Hall–Kier alpha value is -1.44. The quantitative estimate of drug-likeness (QED) is 0.0364. The Morgan fingerprint density at radius 1 is 0.796 bits per heavy atom. The Bertz CT molecular complexity index is 1020. The molecule has 49 heavy (non-hydrogen) atoms. The fourth-order valence-corrected chi connectivity index (χ4v) is 6.49. The zero-order valence-electron chi connectivity index (χ0n) is 29.4. The van der Waals surface area contributed by atoms with Crippen LogP contribution in [0.5, 0.6) is 0 Å². The SMILES string of the molecule is CCCCCCCCCCCCCCCCCC(=O)OC(Cc1ccccc1)CC(CCOP(=O)(O)O)O[C@@H]1O[C@H](CO)[C@@H](O)[C@H](O)[C@@H]1O. The molecule has 0 saturated carbocycles. The van der Waals surface area contributed by atoms with Gasteiger partial charge in [0.25, 0.3) is 0 Å². The second-order valence-corrected chi connectivity index (χ2v) is 14.5. The molecule has 12 nitrogen and oxygen atoms in total. The molecule has 2 unspecified atom stereocenters. The first kappa shape index (κ1) is 43.7. The Kier molecular flexibility index (Phi) is 22.8. The predicted octanol–water partition coefficient (Wildman–Crippen LogP) is 5.48. The number of unbranched alkanes of at least 4 members (excludes halogenated alkanes) is 14. The second kappa shape index (κ2) is 25.5. The Morgan fingerprint density at radius 2 is 1.35 bits per heavy atom. The smallest absolute Gasteiger partial charge is 0.462 e. The van der Waals surface area contributed by atoms with Crippen molar-refractivity contribution < 1.29 is 58.3 Å². The number of carbonyl (C=O) groups excluding carboxylic acids is 1. The van der Waals surface area contributed by atoms with Crippen molar-refractivity contribution >= 4 is 13.8 Å². The van der Waals surface area contributed by atoms with Gasteiger partial charge in [-0.05, 0) is 18.4 Å². The number of ether oxygens (including phenoxy) is 3. The van der Waals surface area contributed by atoms with Gasteiger partial charge < -0.3 is 44.4 Å². The van der Waals surface area contributed by atoms with E-state index < -0.39 is 64.0 Å². The molecule has 0 spiro atoms. The van der Waals surface area contributed by atoms with E-state index in [0.717, 1.165) is 24.8 Å². The summed E-state index contributed by atoms with van der Waals surface area (Å²) in [4.78, 5) is 31.3. The van der Waals surface area contributed by atoms with Crippen LogP contribution in [0.15, 0.2) is 30.3 Å². The van der Waals surface area contributed by atoms with Crippen LogP contribution in [0.3, 0.4) is 0 Å². The molecule has 7 atom stereocenters. The van der Waals surface area contributed by atoms with Gasteiger partial charge in [-0.1, -0.05) is 127 Å². The summed E-state index contributed by atoms with van der Waals surface area (Å²) in [5.74, 6) is -0.367. The Balaban J connectivity index is 1.86. The minimum absolute atomic E-state index is 0.0546. The van der Waals surface area contributed by atoms with E-state index in [0.29, 0.717) is 12.8 Å². The van der Waals surface area contributed by atoms with E-state index in [9.17, 15) is 39.6 Å². The number of phosphoric acid groups is 1. The predicted molar refractivity (Wildman–Crippen MR) is 185 cm³/mol. The molecule has 284 valence electrons. The minimum Gasteiger partial charge on any atom is -0.462 e. The largest absolute Gasteiger partial charge is 0.469 e. The van der Waals surface area contributed by atoms with E-state index in [1.165, 1.54) is 70.6 Å². The fraction of sp³-hybridized carbons (Fsp3) is 0.806. The van der Waals surface area contributed by atoms with Crippen molar-refractivity contribution in [3.05, 3.63) is 35.9 Å². The van der Waals surface area contributed by atoms with Crippen LogP contribution in [-0.2, 0) is 34.5 Å². The summed E-state index contributed by atoms with van der Waals surface area (Å²) in [6.07, 6.45) is 9.66. The van der Waals surface area contributed by atoms with Gasteiger partial charge in [0.05, 0.1) is 19.3 Å². The van der Waals surface area contributed by atoms with Gasteiger partial charge in [-0.25, -0.2) is 4.57 Å². The molecule has 0 aromatic heterocycles. The van der Waals surface area contributed by atoms with Gasteiger partial charge in [0.15, 0.2) is 6.29 Å². The number of aliphatic hydroxyl groups is 4. The van der Waals surface area contributed by atoms with E-state index in [4.69, 9.17) is 14.2 Å². The van der Waals surface area contributed by atoms with Crippen LogP contribution >= 0.6 is 7.82 Å². The van der Waals surface area contributed by atoms with Crippen molar-refractivity contribution in [3.8, 4) is 0 Å². The topological polar surface area (TPSA) is 192 Å². The van der Waals surface area contributed by atoms with E-state index in [-0.39, 0.29) is 25.2 Å². The number of rotatable bonds is 28. The van der Waals surface area contributed by atoms with E-state index in [1.54, 1.807) is 0 Å². The molecule has 1 heterocycles. The molecule has 2 rings (SSSR count). The summed E-state index contributed by atoms with van der Waals surface area (Å²) < 4.78 is 33.3. The summed E-state index contributed by atoms with van der Waals surface area (Å²) in [6.45, 7) is 1.18. The average Bonchev–Trinajstić information content (AvgIpc) is 3.06. The molecule has 1 aliphatic heterocycles. The van der Waals surface area contributed by atoms with E-state index >= 15 is 0 Å². The number of aliphatic hydroxyl groups excluding tert-OH is 4. The standard InChI is InChI=1S/C36H63O12P/c1-2-3-4-5-6-7-8-9-10-11-12-13-14-15-19-22-32(38)46-30(25-28-20-17-16-18-21-28)26-29(23-24-45-49(42,43)44)47-36-35(41)34(40)33(39)31(27-37)48-36/h16-18,20-21,29-31,33-37,39-41H,2-15,19,22-27H2,1H3,(H2,42,43,44)/t29?,30?,31-,33-,34+,35+,36-/m1/s1. The molecule has 1 fully saturated rings. The lowest BCUT2D eigenvalue weighted by molar-refractivity contribution is -0.313. The molecule has 0 amide bonds. The first-order valence-electron chi connectivity index (χ1n) is 18.4. The highest BCUT2D eigenvalue weighted by atomic mass is 31.2. The summed E-state index contributed by atoms with van der Waals surface area (Å²) in [5.41, 5.74) is 0.894. The van der Waals surface area contributed by atoms with Crippen molar-refractivity contribution in [2.45, 2.75) is 172 Å². The first-order chi connectivity index (χ1) is 23.5. The maximum absolute atomic E-state index is 13.0. The number of carbonyl (C=O) groups is 1. The lowest BCUT2D eigenvalue weighted by atomic mass is 9.98. The molecule has 0 bridgehead atoms. The number of hydrogen-bond donors (Lipinski definition) is 6. The van der Waals surface area contributed by atoms with Gasteiger partial charge in [-0.2, -0.15) is 0 Å². The number of benzene rings is 1. The summed E-state index contributed by atoms with van der Waals surface area (Å²) in [5, 5.41) is 40.4. The van der Waals surface area contributed by atoms with Crippen LogP contribution in [0, 0.1) is 0 Å². The maximum Gasteiger partial charge on any atom is 0.469 e. The first-order valence-corrected chi connectivity index (χ1v) is 20.0. The highest BCUT2D eigenvalue weighted by Gasteiger charge is 2.45. The normalized spacial score (nSPS) is 22.6. The lowest BCUT2D eigenvalue weighted by Crippen LogP contribution is -2.59. The van der Waals surface area contributed by atoms with Crippen molar-refractivity contribution in [1.29, 1.82) is 0 Å². The van der Waals surface area contributed by atoms with Crippen LogP contribution in [0.25, 0.3) is 0 Å². The molecule has 6 N–H and O–H groups in total. The fourth-order valence-electron chi connectivity index (χ4n) is 6.14. The van der Waals surface area contributed by atoms with Gasteiger partial charge in [0.2, 0.25) is 0 Å². The van der Waals surface area contributed by atoms with Crippen LogP contribution in [0.1, 0.15) is 128 Å². The maximum atomic E-state index is 13.0. The molecule has 13 heteroatoms. The van der Waals surface area contributed by atoms with Gasteiger partial charge >= 0.3 is 13.8 Å². The van der Waals surface area contributed by atoms with Gasteiger partial charge in [0.1, 0.15) is 30.5 Å². The monoisotopic (exact) mass is 718 g/mol. The molecule has 1 aliphatic rings. The van der Waals surface area contributed by atoms with Gasteiger partial charge in [0, 0.05) is 19.3 Å². The highest BCUT2D eigenvalue weighted by Crippen LogP contribution is 2.36. The van der Waals surface area contributed by atoms with E-state index in [1.807, 2.05) is 30.3 Å². The molecule has 0 aliphatic carbocycles. The molecular weight excluding hydrogens is 655 g/mol. The zero-order chi connectivity index (χ0) is 35.9. The van der Waals surface area contributed by atoms with Crippen molar-refractivity contribution in [1.82, 2.24) is 0 Å². The molecule has 1 aromatic rings. The summed E-state index contributed by atoms with van der Waals surface area (Å²) in [6, 6.07) is 9.37. The molecule has 0 radical (unpaired) electrons. The third-order valence-corrected chi connectivity index (χ3v) is 9.51. The zero-order valence-corrected chi connectivity index (χ0v) is 30.3. The van der Waals surface area contributed by atoms with Crippen LogP contribution in [-0.4, -0.2) is 92.3 Å². The lowest BCUT2D eigenvalue weighted by Gasteiger charge is -2.41. The number of hydrogen-bond acceptors (Lipinski definition) is 10. The van der Waals surface area contributed by atoms with Crippen molar-refractivity contribution in [3.63, 3.8) is 0 Å². The van der Waals surface area contributed by atoms with E-state index in [2.05, 4.69) is 11.4 Å². The average molecular weight is 719 g/mol. The third kappa shape index (κ3) is 19.7. The van der Waals surface area contributed by atoms with Gasteiger partial charge in [-0.3, -0.25) is 9.32 Å². The molecular formula is C36H63O12P. The van der Waals surface area contributed by atoms with Crippen molar-refractivity contribution in [2.75, 3.05) is 13.2 Å².